The number of hydrogen-bond donors (Lipinski definition) is 1. The first-order chi connectivity index (χ1) is 7.70. The second-order valence-corrected chi connectivity index (χ2v) is 4.13. The van der Waals surface area contributed by atoms with E-state index in [9.17, 15) is 0 Å². The summed E-state index contributed by atoms with van der Waals surface area (Å²) in [5.41, 5.74) is 9.92. The van der Waals surface area contributed by atoms with Gasteiger partial charge >= 0.3 is 0 Å². The normalized spacial score (nSPS) is 10.4. The van der Waals surface area contributed by atoms with E-state index in [0.29, 0.717) is 11.6 Å². The molecule has 16 heavy (non-hydrogen) atoms. The Morgan fingerprint density at radius 2 is 2.06 bits per heavy atom. The molecule has 2 rings (SSSR count). The molecule has 0 spiro atoms. The molecule has 0 saturated carbocycles. The lowest BCUT2D eigenvalue weighted by molar-refractivity contribution is 1.07. The van der Waals surface area contributed by atoms with E-state index in [1.807, 2.05) is 43.5 Å². The zero-order valence-corrected chi connectivity index (χ0v) is 9.83. The Hall–Kier alpha value is -1.38. The van der Waals surface area contributed by atoms with Gasteiger partial charge in [0.05, 0.1) is 0 Å². The van der Waals surface area contributed by atoms with Crippen molar-refractivity contribution in [2.75, 3.05) is 0 Å². The summed E-state index contributed by atoms with van der Waals surface area (Å²) >= 11 is 5.94. The number of aryl methyl sites for hydroxylation is 1. The van der Waals surface area contributed by atoms with Crippen molar-refractivity contribution in [2.24, 2.45) is 5.73 Å². The van der Waals surface area contributed by atoms with Crippen LogP contribution in [0.3, 0.4) is 0 Å². The van der Waals surface area contributed by atoms with Crippen molar-refractivity contribution >= 4 is 11.6 Å². The average Bonchev–Trinajstić information content (AvgIpc) is 2.30. The highest BCUT2D eigenvalue weighted by Gasteiger charge is 2.04. The molecule has 0 saturated heterocycles. The van der Waals surface area contributed by atoms with E-state index >= 15 is 0 Å². The van der Waals surface area contributed by atoms with Gasteiger partial charge in [0.1, 0.15) is 0 Å². The first-order valence-electron chi connectivity index (χ1n) is 5.12. The van der Waals surface area contributed by atoms with Crippen LogP contribution in [-0.2, 0) is 6.54 Å². The van der Waals surface area contributed by atoms with Gasteiger partial charge in [-0.25, -0.2) is 0 Å². The molecule has 1 aromatic carbocycles. The maximum absolute atomic E-state index is 5.94. The van der Waals surface area contributed by atoms with Crippen LogP contribution in [0.5, 0.6) is 0 Å². The van der Waals surface area contributed by atoms with Gasteiger partial charge in [0.15, 0.2) is 0 Å². The van der Waals surface area contributed by atoms with E-state index in [-0.39, 0.29) is 0 Å². The van der Waals surface area contributed by atoms with E-state index in [1.54, 1.807) is 0 Å². The maximum atomic E-state index is 5.94. The molecule has 82 valence electrons. The van der Waals surface area contributed by atoms with Crippen molar-refractivity contribution in [2.45, 2.75) is 13.5 Å². The quantitative estimate of drug-likeness (QED) is 0.864. The Bertz CT molecular complexity index is 492. The molecule has 0 fully saturated rings. The molecule has 2 nitrogen and oxygen atoms in total. The van der Waals surface area contributed by atoms with Crippen molar-refractivity contribution in [1.82, 2.24) is 4.98 Å². The highest BCUT2D eigenvalue weighted by atomic mass is 35.5. The highest BCUT2D eigenvalue weighted by Crippen LogP contribution is 2.25. The molecule has 3 heteroatoms. The molecular formula is C13H13ClN2. The molecule has 2 N–H and O–H groups in total. The number of rotatable bonds is 2. The molecule has 0 aliphatic rings. The highest BCUT2D eigenvalue weighted by molar-refractivity contribution is 6.30. The van der Waals surface area contributed by atoms with E-state index in [4.69, 9.17) is 17.3 Å². The Labute approximate surface area is 100 Å². The molecule has 0 aliphatic heterocycles. The fourth-order valence-electron chi connectivity index (χ4n) is 1.64. The topological polar surface area (TPSA) is 38.9 Å². The van der Waals surface area contributed by atoms with E-state index in [0.717, 1.165) is 22.4 Å². The zero-order valence-electron chi connectivity index (χ0n) is 9.07. The third-order valence-electron chi connectivity index (χ3n) is 2.51. The maximum Gasteiger partial charge on any atom is 0.0409 e. The van der Waals surface area contributed by atoms with Gasteiger partial charge in [-0.2, -0.15) is 0 Å². The number of nitrogens with two attached hydrogens (primary N) is 1. The first kappa shape index (κ1) is 11.1. The molecule has 0 bridgehead atoms. The third-order valence-corrected chi connectivity index (χ3v) is 2.74. The second kappa shape index (κ2) is 4.64. The van der Waals surface area contributed by atoms with E-state index in [2.05, 4.69) is 4.98 Å². The fraction of sp³-hybridized carbons (Fsp3) is 0.154. The van der Waals surface area contributed by atoms with Gasteiger partial charge in [0.25, 0.3) is 0 Å². The van der Waals surface area contributed by atoms with Crippen LogP contribution in [0.4, 0.5) is 0 Å². The lowest BCUT2D eigenvalue weighted by Gasteiger charge is -2.08. The molecule has 2 aromatic rings. The minimum Gasteiger partial charge on any atom is -0.326 e. The lowest BCUT2D eigenvalue weighted by Crippen LogP contribution is -1.99. The molecule has 0 unspecified atom stereocenters. The zero-order chi connectivity index (χ0) is 11.5. The average molecular weight is 233 g/mol. The van der Waals surface area contributed by atoms with Crippen LogP contribution in [0.25, 0.3) is 11.1 Å². The predicted molar refractivity (Wildman–Crippen MR) is 67.3 cm³/mol. The monoisotopic (exact) mass is 232 g/mol. The van der Waals surface area contributed by atoms with Gasteiger partial charge in [-0.1, -0.05) is 23.7 Å². The van der Waals surface area contributed by atoms with E-state index < -0.39 is 0 Å². The SMILES string of the molecule is Cc1ccc(-c2ccc(Cl)cc2CN)cn1. The number of aromatic nitrogens is 1. The van der Waals surface area contributed by atoms with Crippen LogP contribution >= 0.6 is 11.6 Å². The summed E-state index contributed by atoms with van der Waals surface area (Å²) < 4.78 is 0. The van der Waals surface area contributed by atoms with Gasteiger partial charge in [-0.3, -0.25) is 4.98 Å². The summed E-state index contributed by atoms with van der Waals surface area (Å²) in [5, 5.41) is 0.712. The summed E-state index contributed by atoms with van der Waals surface area (Å²) in [4.78, 5) is 4.28. The number of pyridine rings is 1. The van der Waals surface area contributed by atoms with Gasteiger partial charge in [0, 0.05) is 29.0 Å². The molecule has 1 aromatic heterocycles. The predicted octanol–water partition coefficient (Wildman–Crippen LogP) is 3.17. The number of halogens is 1. The van der Waals surface area contributed by atoms with Crippen LogP contribution in [0.15, 0.2) is 36.5 Å². The third kappa shape index (κ3) is 2.23. The minimum absolute atomic E-state index is 0.476. The number of nitrogens with zero attached hydrogens (tertiary/aromatic N) is 1. The summed E-state index contributed by atoms with van der Waals surface area (Å²) in [5.74, 6) is 0. The Balaban J connectivity index is 2.51. The lowest BCUT2D eigenvalue weighted by atomic mass is 10.0. The Kier molecular flexibility index (Phi) is 3.22. The van der Waals surface area contributed by atoms with Crippen LogP contribution in [0.2, 0.25) is 5.02 Å². The van der Waals surface area contributed by atoms with Crippen molar-refractivity contribution < 1.29 is 0 Å². The molecular weight excluding hydrogens is 220 g/mol. The van der Waals surface area contributed by atoms with Gasteiger partial charge in [-0.15, -0.1) is 0 Å². The van der Waals surface area contributed by atoms with Gasteiger partial charge in [0.2, 0.25) is 0 Å². The van der Waals surface area contributed by atoms with Crippen molar-refractivity contribution in [1.29, 1.82) is 0 Å². The van der Waals surface area contributed by atoms with Crippen LogP contribution in [-0.4, -0.2) is 4.98 Å². The smallest absolute Gasteiger partial charge is 0.0409 e. The molecule has 0 amide bonds. The number of benzene rings is 1. The van der Waals surface area contributed by atoms with E-state index in [1.165, 1.54) is 0 Å². The van der Waals surface area contributed by atoms with Gasteiger partial charge < -0.3 is 5.73 Å². The molecule has 0 atom stereocenters. The van der Waals surface area contributed by atoms with Crippen LogP contribution in [0.1, 0.15) is 11.3 Å². The number of hydrogen-bond acceptors (Lipinski definition) is 2. The van der Waals surface area contributed by atoms with Crippen molar-refractivity contribution in [3.63, 3.8) is 0 Å². The van der Waals surface area contributed by atoms with Crippen LogP contribution in [0, 0.1) is 6.92 Å². The second-order valence-electron chi connectivity index (χ2n) is 3.69. The van der Waals surface area contributed by atoms with Crippen molar-refractivity contribution in [3.05, 3.63) is 52.8 Å². The van der Waals surface area contributed by atoms with Crippen molar-refractivity contribution in [3.8, 4) is 11.1 Å². The largest absolute Gasteiger partial charge is 0.326 e. The first-order valence-corrected chi connectivity index (χ1v) is 5.50. The summed E-state index contributed by atoms with van der Waals surface area (Å²) in [6.07, 6.45) is 1.86. The summed E-state index contributed by atoms with van der Waals surface area (Å²) in [7, 11) is 0. The fourth-order valence-corrected chi connectivity index (χ4v) is 1.83. The minimum atomic E-state index is 0.476. The summed E-state index contributed by atoms with van der Waals surface area (Å²) in [6, 6.07) is 9.79. The van der Waals surface area contributed by atoms with Crippen LogP contribution < -0.4 is 5.73 Å². The molecule has 1 heterocycles. The Morgan fingerprint density at radius 3 is 2.69 bits per heavy atom. The molecule has 0 radical (unpaired) electrons. The molecule has 0 aliphatic carbocycles. The summed E-state index contributed by atoms with van der Waals surface area (Å²) in [6.45, 7) is 2.44. The standard InChI is InChI=1S/C13H13ClN2/c1-9-2-3-10(8-16-9)13-5-4-12(14)6-11(13)7-15/h2-6,8H,7,15H2,1H3. The Morgan fingerprint density at radius 1 is 1.25 bits per heavy atom. The van der Waals surface area contributed by atoms with Gasteiger partial charge in [-0.05, 0) is 36.2 Å².